The van der Waals surface area contributed by atoms with Crippen molar-refractivity contribution in [3.63, 3.8) is 0 Å². The first-order chi connectivity index (χ1) is 15.6. The van der Waals surface area contributed by atoms with Crippen molar-refractivity contribution in [3.8, 4) is 5.75 Å². The lowest BCUT2D eigenvalue weighted by atomic mass is 10.0. The lowest BCUT2D eigenvalue weighted by molar-refractivity contribution is -0.384. The lowest BCUT2D eigenvalue weighted by Gasteiger charge is -2.35. The van der Waals surface area contributed by atoms with E-state index in [1.54, 1.807) is 19.2 Å². The molecule has 0 unspecified atom stereocenters. The number of nitrogens with zero attached hydrogens (tertiary/aromatic N) is 2. The van der Waals surface area contributed by atoms with Crippen molar-refractivity contribution in [2.45, 2.75) is 44.2 Å². The Balaban J connectivity index is 1.51. The molecule has 1 aliphatic carbocycles. The standard InChI is InChI=1S/C24H30N4O4/c1-32-23-8-4-3-7-19(23)22(27-13-5-2-6-14-27)16-25-24(29)17-9-12-20(26-18-10-11-18)21(15-17)28(30)31/h3-4,7-9,12,15,18,22,26H,2,5-6,10-11,13-14,16H2,1H3,(H,25,29)/t22-/m1/s1. The maximum absolute atomic E-state index is 12.9. The molecule has 0 radical (unpaired) electrons. The number of amides is 1. The zero-order valence-corrected chi connectivity index (χ0v) is 18.4. The van der Waals surface area contributed by atoms with Crippen molar-refractivity contribution >= 4 is 17.3 Å². The fourth-order valence-electron chi connectivity index (χ4n) is 4.29. The van der Waals surface area contributed by atoms with Gasteiger partial charge in [-0.2, -0.15) is 0 Å². The number of benzene rings is 2. The van der Waals surface area contributed by atoms with Crippen LogP contribution >= 0.6 is 0 Å². The van der Waals surface area contributed by atoms with Crippen LogP contribution in [0.3, 0.4) is 0 Å². The summed E-state index contributed by atoms with van der Waals surface area (Å²) in [5, 5.41) is 17.7. The molecule has 8 nitrogen and oxygen atoms in total. The summed E-state index contributed by atoms with van der Waals surface area (Å²) in [7, 11) is 1.65. The maximum atomic E-state index is 12.9. The topological polar surface area (TPSA) is 96.7 Å². The van der Waals surface area contributed by atoms with Gasteiger partial charge >= 0.3 is 0 Å². The van der Waals surface area contributed by atoms with Crippen molar-refractivity contribution in [2.75, 3.05) is 32.1 Å². The number of carbonyl (C=O) groups excluding carboxylic acids is 1. The minimum absolute atomic E-state index is 0.0267. The van der Waals surface area contributed by atoms with Crippen LogP contribution in [0.2, 0.25) is 0 Å². The van der Waals surface area contributed by atoms with Gasteiger partial charge in [-0.15, -0.1) is 0 Å². The molecule has 1 saturated heterocycles. The molecule has 2 fully saturated rings. The Hall–Kier alpha value is -3.13. The molecule has 1 aliphatic heterocycles. The Bertz CT molecular complexity index is 970. The second-order valence-electron chi connectivity index (χ2n) is 8.47. The van der Waals surface area contributed by atoms with Crippen molar-refractivity contribution in [1.29, 1.82) is 0 Å². The number of rotatable bonds is 9. The van der Waals surface area contributed by atoms with E-state index in [9.17, 15) is 14.9 Å². The van der Waals surface area contributed by atoms with Crippen LogP contribution < -0.4 is 15.4 Å². The zero-order chi connectivity index (χ0) is 22.5. The summed E-state index contributed by atoms with van der Waals surface area (Å²) in [5.74, 6) is 0.478. The quantitative estimate of drug-likeness (QED) is 0.451. The van der Waals surface area contributed by atoms with Gasteiger partial charge in [-0.3, -0.25) is 19.8 Å². The van der Waals surface area contributed by atoms with E-state index < -0.39 is 4.92 Å². The number of likely N-dealkylation sites (tertiary alicyclic amines) is 1. The van der Waals surface area contributed by atoms with Crippen LogP contribution in [0.4, 0.5) is 11.4 Å². The van der Waals surface area contributed by atoms with Crippen LogP contribution in [0.5, 0.6) is 5.75 Å². The maximum Gasteiger partial charge on any atom is 0.293 e. The summed E-state index contributed by atoms with van der Waals surface area (Å²) >= 11 is 0. The van der Waals surface area contributed by atoms with E-state index in [-0.39, 0.29) is 23.2 Å². The Kier molecular flexibility index (Phi) is 6.90. The van der Waals surface area contributed by atoms with Gasteiger partial charge in [0.2, 0.25) is 0 Å². The first-order valence-electron chi connectivity index (χ1n) is 11.3. The first-order valence-corrected chi connectivity index (χ1v) is 11.3. The zero-order valence-electron chi connectivity index (χ0n) is 18.4. The summed E-state index contributed by atoms with van der Waals surface area (Å²) < 4.78 is 5.58. The molecule has 0 aromatic heterocycles. The highest BCUT2D eigenvalue weighted by atomic mass is 16.6. The van der Waals surface area contributed by atoms with Crippen molar-refractivity contribution < 1.29 is 14.5 Å². The van der Waals surface area contributed by atoms with Gasteiger partial charge < -0.3 is 15.4 Å². The summed E-state index contributed by atoms with van der Waals surface area (Å²) in [6, 6.07) is 12.8. The lowest BCUT2D eigenvalue weighted by Crippen LogP contribution is -2.40. The average Bonchev–Trinajstić information content (AvgIpc) is 3.64. The molecule has 4 rings (SSSR count). The van der Waals surface area contributed by atoms with E-state index in [4.69, 9.17) is 4.74 Å². The normalized spacial score (nSPS) is 17.4. The van der Waals surface area contributed by atoms with Crippen LogP contribution in [0.25, 0.3) is 0 Å². The van der Waals surface area contributed by atoms with Gasteiger partial charge in [-0.25, -0.2) is 0 Å². The third-order valence-electron chi connectivity index (χ3n) is 6.18. The molecule has 1 heterocycles. The fraction of sp³-hybridized carbons (Fsp3) is 0.458. The highest BCUT2D eigenvalue weighted by molar-refractivity contribution is 5.95. The number of para-hydroxylation sites is 1. The van der Waals surface area contributed by atoms with Crippen LogP contribution in [0.1, 0.15) is 54.1 Å². The molecule has 2 aromatic carbocycles. The summed E-state index contributed by atoms with van der Waals surface area (Å²) in [6.07, 6.45) is 5.50. The van der Waals surface area contributed by atoms with E-state index in [2.05, 4.69) is 15.5 Å². The second-order valence-corrected chi connectivity index (χ2v) is 8.47. The van der Waals surface area contributed by atoms with Gasteiger partial charge in [0.25, 0.3) is 11.6 Å². The number of hydrogen-bond acceptors (Lipinski definition) is 6. The summed E-state index contributed by atoms with van der Waals surface area (Å²) in [6.45, 7) is 2.33. The SMILES string of the molecule is COc1ccccc1[C@@H](CNC(=O)c1ccc(NC2CC2)c([N+](=O)[O-])c1)N1CCCCC1. The number of piperidine rings is 1. The van der Waals surface area contributed by atoms with E-state index in [0.717, 1.165) is 50.1 Å². The predicted octanol–water partition coefficient (Wildman–Crippen LogP) is 4.13. The van der Waals surface area contributed by atoms with Crippen molar-refractivity contribution in [3.05, 3.63) is 63.7 Å². The first kappa shape index (κ1) is 22.1. The number of carbonyl (C=O) groups is 1. The monoisotopic (exact) mass is 438 g/mol. The van der Waals surface area contributed by atoms with Gasteiger partial charge in [-0.1, -0.05) is 24.6 Å². The number of nitro benzene ring substituents is 1. The van der Waals surface area contributed by atoms with E-state index in [0.29, 0.717) is 18.3 Å². The molecule has 170 valence electrons. The third-order valence-corrected chi connectivity index (χ3v) is 6.18. The average molecular weight is 439 g/mol. The van der Waals surface area contributed by atoms with Gasteiger partial charge in [0, 0.05) is 29.8 Å². The molecule has 0 spiro atoms. The van der Waals surface area contributed by atoms with E-state index in [1.807, 2.05) is 24.3 Å². The Morgan fingerprint density at radius 2 is 1.94 bits per heavy atom. The predicted molar refractivity (Wildman–Crippen MR) is 123 cm³/mol. The molecule has 8 heteroatoms. The largest absolute Gasteiger partial charge is 0.496 e. The molecule has 1 atom stereocenters. The van der Waals surface area contributed by atoms with Gasteiger partial charge in [0.05, 0.1) is 18.1 Å². The van der Waals surface area contributed by atoms with Crippen LogP contribution in [-0.4, -0.2) is 48.5 Å². The third kappa shape index (κ3) is 5.19. The van der Waals surface area contributed by atoms with E-state index in [1.165, 1.54) is 12.5 Å². The number of anilines is 1. The number of nitro groups is 1. The Morgan fingerprint density at radius 3 is 2.62 bits per heavy atom. The summed E-state index contributed by atoms with van der Waals surface area (Å²) in [4.78, 5) is 26.4. The Morgan fingerprint density at radius 1 is 1.19 bits per heavy atom. The summed E-state index contributed by atoms with van der Waals surface area (Å²) in [5.41, 5.74) is 1.72. The van der Waals surface area contributed by atoms with Crippen LogP contribution in [0, 0.1) is 10.1 Å². The van der Waals surface area contributed by atoms with Gasteiger partial charge in [0.1, 0.15) is 11.4 Å². The highest BCUT2D eigenvalue weighted by Gasteiger charge is 2.27. The molecule has 2 N–H and O–H groups in total. The minimum Gasteiger partial charge on any atom is -0.496 e. The Labute approximate surface area is 188 Å². The molecule has 1 saturated carbocycles. The fourth-order valence-corrected chi connectivity index (χ4v) is 4.29. The van der Waals surface area contributed by atoms with Gasteiger partial charge in [0.15, 0.2) is 0 Å². The van der Waals surface area contributed by atoms with E-state index >= 15 is 0 Å². The molecule has 2 aliphatic rings. The number of hydrogen-bond donors (Lipinski definition) is 2. The number of ether oxygens (including phenoxy) is 1. The molecule has 32 heavy (non-hydrogen) atoms. The number of methoxy groups -OCH3 is 1. The minimum atomic E-state index is -0.438. The highest BCUT2D eigenvalue weighted by Crippen LogP contribution is 2.33. The smallest absolute Gasteiger partial charge is 0.293 e. The van der Waals surface area contributed by atoms with Crippen LogP contribution in [0.15, 0.2) is 42.5 Å². The van der Waals surface area contributed by atoms with Gasteiger partial charge in [-0.05, 0) is 57.0 Å². The molecule has 2 aromatic rings. The number of nitrogens with one attached hydrogen (secondary N) is 2. The van der Waals surface area contributed by atoms with Crippen molar-refractivity contribution in [1.82, 2.24) is 10.2 Å². The molecule has 0 bridgehead atoms. The second kappa shape index (κ2) is 9.99. The van der Waals surface area contributed by atoms with Crippen molar-refractivity contribution in [2.24, 2.45) is 0 Å². The molecular weight excluding hydrogens is 408 g/mol. The molecule has 1 amide bonds. The van der Waals surface area contributed by atoms with Crippen LogP contribution in [-0.2, 0) is 0 Å². The molecular formula is C24H30N4O4.